The number of morpholine rings is 1. The molecule has 0 bridgehead atoms. The van der Waals surface area contributed by atoms with Crippen molar-refractivity contribution in [1.82, 2.24) is 14.8 Å². The summed E-state index contributed by atoms with van der Waals surface area (Å²) in [6.45, 7) is 1.27. The number of nitrogens with zero attached hydrogens (tertiary/aromatic N) is 3. The molecule has 9 heteroatoms. The van der Waals surface area contributed by atoms with Crippen LogP contribution in [0.15, 0.2) is 24.5 Å². The van der Waals surface area contributed by atoms with Crippen LogP contribution in [0, 0.1) is 0 Å². The quantitative estimate of drug-likeness (QED) is 0.801. The van der Waals surface area contributed by atoms with Gasteiger partial charge < -0.3 is 20.3 Å². The molecule has 1 saturated carbocycles. The number of aromatic nitrogens is 1. The van der Waals surface area contributed by atoms with Crippen LogP contribution in [-0.4, -0.2) is 64.5 Å². The van der Waals surface area contributed by atoms with Gasteiger partial charge in [0.2, 0.25) is 5.91 Å². The number of rotatable bonds is 3. The first-order valence-electron chi connectivity index (χ1n) is 9.02. The Morgan fingerprint density at radius 2 is 1.89 bits per heavy atom. The van der Waals surface area contributed by atoms with Crippen LogP contribution in [0.1, 0.15) is 37.3 Å². The molecule has 2 saturated heterocycles. The number of piperidine rings is 1. The van der Waals surface area contributed by atoms with E-state index in [4.69, 9.17) is 10.5 Å². The molecule has 0 radical (unpaired) electrons. The highest BCUT2D eigenvalue weighted by Gasteiger charge is 2.48. The van der Waals surface area contributed by atoms with E-state index in [1.54, 1.807) is 12.4 Å². The number of likely N-dealkylation sites (tertiary alicyclic amines) is 1. The molecule has 0 unspecified atom stereocenters. The van der Waals surface area contributed by atoms with E-state index in [1.807, 2.05) is 21.9 Å². The van der Waals surface area contributed by atoms with Crippen LogP contribution in [0.4, 0.5) is 0 Å². The van der Waals surface area contributed by atoms with Crippen molar-refractivity contribution < 1.29 is 14.3 Å². The summed E-state index contributed by atoms with van der Waals surface area (Å²) in [5.74, 6) is -0.0834. The minimum absolute atomic E-state index is 0. The molecule has 150 valence electrons. The minimum Gasteiger partial charge on any atom is -0.356 e. The van der Waals surface area contributed by atoms with Crippen LogP contribution in [0.25, 0.3) is 0 Å². The molecule has 2 aliphatic heterocycles. The van der Waals surface area contributed by atoms with E-state index in [-0.39, 0.29) is 55.3 Å². The summed E-state index contributed by atoms with van der Waals surface area (Å²) in [6.07, 6.45) is 6.34. The van der Waals surface area contributed by atoms with E-state index in [1.165, 1.54) is 0 Å². The van der Waals surface area contributed by atoms with E-state index < -0.39 is 12.1 Å². The number of carbonyl (C=O) groups is 2. The Balaban J connectivity index is 0.00000131. The van der Waals surface area contributed by atoms with Crippen LogP contribution in [-0.2, 0) is 14.3 Å². The fourth-order valence-corrected chi connectivity index (χ4v) is 3.80. The maximum Gasteiger partial charge on any atom is 0.254 e. The van der Waals surface area contributed by atoms with Crippen molar-refractivity contribution >= 4 is 36.6 Å². The lowest BCUT2D eigenvalue weighted by Crippen LogP contribution is -2.57. The number of pyridine rings is 1. The third kappa shape index (κ3) is 4.54. The summed E-state index contributed by atoms with van der Waals surface area (Å²) < 4.78 is 5.77. The average Bonchev–Trinajstić information content (AvgIpc) is 3.47. The van der Waals surface area contributed by atoms with E-state index in [2.05, 4.69) is 4.98 Å². The van der Waals surface area contributed by atoms with E-state index in [0.29, 0.717) is 13.1 Å². The summed E-state index contributed by atoms with van der Waals surface area (Å²) in [7, 11) is 0. The number of halogens is 2. The van der Waals surface area contributed by atoms with Gasteiger partial charge in [-0.1, -0.05) is 6.07 Å². The van der Waals surface area contributed by atoms with E-state index in [0.717, 1.165) is 31.2 Å². The first kappa shape index (κ1) is 21.9. The first-order valence-corrected chi connectivity index (χ1v) is 9.02. The smallest absolute Gasteiger partial charge is 0.254 e. The van der Waals surface area contributed by atoms with Crippen LogP contribution in [0.2, 0.25) is 0 Å². The zero-order valence-electron chi connectivity index (χ0n) is 15.0. The molecular formula is C18H26Cl2N4O3. The Morgan fingerprint density at radius 3 is 2.48 bits per heavy atom. The molecule has 2 amide bonds. The average molecular weight is 417 g/mol. The van der Waals surface area contributed by atoms with Gasteiger partial charge in [0.25, 0.3) is 5.91 Å². The van der Waals surface area contributed by atoms with Crippen molar-refractivity contribution in [3.63, 3.8) is 0 Å². The summed E-state index contributed by atoms with van der Waals surface area (Å²) in [6, 6.07) is 3.73. The van der Waals surface area contributed by atoms with E-state index in [9.17, 15) is 9.59 Å². The topological polar surface area (TPSA) is 88.8 Å². The predicted molar refractivity (Wildman–Crippen MR) is 105 cm³/mol. The zero-order valence-corrected chi connectivity index (χ0v) is 16.7. The van der Waals surface area contributed by atoms with Crippen molar-refractivity contribution in [3.8, 4) is 0 Å². The van der Waals surface area contributed by atoms with Crippen molar-refractivity contribution in [3.05, 3.63) is 30.1 Å². The maximum absolute atomic E-state index is 13.1. The second-order valence-corrected chi connectivity index (χ2v) is 7.16. The van der Waals surface area contributed by atoms with Gasteiger partial charge in [-0.2, -0.15) is 0 Å². The summed E-state index contributed by atoms with van der Waals surface area (Å²) >= 11 is 0. The van der Waals surface area contributed by atoms with Crippen molar-refractivity contribution in [2.45, 2.75) is 49.9 Å². The summed E-state index contributed by atoms with van der Waals surface area (Å²) in [5.41, 5.74) is 6.81. The normalized spacial score (nSPS) is 26.2. The Bertz CT molecular complexity index is 651. The molecule has 3 heterocycles. The largest absolute Gasteiger partial charge is 0.356 e. The first-order chi connectivity index (χ1) is 12.1. The van der Waals surface area contributed by atoms with Crippen LogP contribution in [0.5, 0.6) is 0 Å². The fraction of sp³-hybridized carbons (Fsp3) is 0.611. The monoisotopic (exact) mass is 416 g/mol. The Kier molecular flexibility index (Phi) is 7.45. The zero-order chi connectivity index (χ0) is 17.4. The molecule has 0 spiro atoms. The lowest BCUT2D eigenvalue weighted by molar-refractivity contribution is -0.170. The van der Waals surface area contributed by atoms with Crippen molar-refractivity contribution in [2.75, 3.05) is 19.7 Å². The van der Waals surface area contributed by atoms with Gasteiger partial charge in [-0.15, -0.1) is 24.8 Å². The van der Waals surface area contributed by atoms with Gasteiger partial charge in [0.05, 0.1) is 6.04 Å². The molecule has 0 aromatic carbocycles. The highest BCUT2D eigenvalue weighted by molar-refractivity contribution is 5.87. The fourth-order valence-electron chi connectivity index (χ4n) is 3.80. The predicted octanol–water partition coefficient (Wildman–Crippen LogP) is 1.31. The van der Waals surface area contributed by atoms with Crippen molar-refractivity contribution in [1.29, 1.82) is 0 Å². The maximum atomic E-state index is 13.1. The molecule has 7 nitrogen and oxygen atoms in total. The van der Waals surface area contributed by atoms with Crippen LogP contribution < -0.4 is 5.73 Å². The lowest BCUT2D eigenvalue weighted by atomic mass is 9.96. The molecule has 27 heavy (non-hydrogen) atoms. The molecule has 1 aromatic rings. The SMILES string of the molecule is Cl.Cl.NC1CCN(C(=O)[C@H]2OCC(=O)N(C3CC3)[C@@H]2c2cccnc2)CC1. The van der Waals surface area contributed by atoms with Crippen LogP contribution >= 0.6 is 24.8 Å². The Morgan fingerprint density at radius 1 is 1.19 bits per heavy atom. The van der Waals surface area contributed by atoms with Gasteiger partial charge in [-0.05, 0) is 37.3 Å². The molecule has 3 aliphatic rings. The number of hydrogen-bond acceptors (Lipinski definition) is 5. The minimum atomic E-state index is -0.670. The highest BCUT2D eigenvalue weighted by atomic mass is 35.5. The number of amides is 2. The number of nitrogens with two attached hydrogens (primary N) is 1. The highest BCUT2D eigenvalue weighted by Crippen LogP contribution is 2.39. The van der Waals surface area contributed by atoms with E-state index >= 15 is 0 Å². The van der Waals surface area contributed by atoms with Gasteiger partial charge >= 0.3 is 0 Å². The second kappa shape index (κ2) is 9.19. The van der Waals surface area contributed by atoms with Gasteiger partial charge in [0.1, 0.15) is 6.61 Å². The molecule has 2 N–H and O–H groups in total. The lowest BCUT2D eigenvalue weighted by Gasteiger charge is -2.43. The third-order valence-corrected chi connectivity index (χ3v) is 5.32. The van der Waals surface area contributed by atoms with Gasteiger partial charge in [0, 0.05) is 37.6 Å². The molecule has 1 aliphatic carbocycles. The third-order valence-electron chi connectivity index (χ3n) is 5.32. The molecule has 3 fully saturated rings. The standard InChI is InChI=1S/C18H24N4O3.2ClH/c19-13-5-8-21(9-6-13)18(24)17-16(12-2-1-7-20-10-12)22(14-3-4-14)15(23)11-25-17;;/h1-2,7,10,13-14,16-17H,3-6,8-9,11,19H2;2*1H/t16-,17+;;/m1../s1. The van der Waals surface area contributed by atoms with Crippen LogP contribution in [0.3, 0.4) is 0 Å². The summed E-state index contributed by atoms with van der Waals surface area (Å²) in [5, 5.41) is 0. The van der Waals surface area contributed by atoms with Gasteiger partial charge in [0.15, 0.2) is 6.10 Å². The number of hydrogen-bond donors (Lipinski definition) is 1. The number of ether oxygens (including phenoxy) is 1. The molecule has 4 rings (SSSR count). The second-order valence-electron chi connectivity index (χ2n) is 7.16. The molecule has 2 atom stereocenters. The van der Waals surface area contributed by atoms with Gasteiger partial charge in [-0.3, -0.25) is 14.6 Å². The number of carbonyl (C=O) groups excluding carboxylic acids is 2. The summed E-state index contributed by atoms with van der Waals surface area (Å²) in [4.78, 5) is 33.5. The Labute approximate surface area is 171 Å². The van der Waals surface area contributed by atoms with Crippen molar-refractivity contribution in [2.24, 2.45) is 5.73 Å². The molecular weight excluding hydrogens is 391 g/mol. The van der Waals surface area contributed by atoms with Gasteiger partial charge in [-0.25, -0.2) is 0 Å². The molecule has 1 aromatic heterocycles. The Hall–Kier alpha value is -1.41.